The molecule has 14 heavy (non-hydrogen) atoms. The predicted molar refractivity (Wildman–Crippen MR) is 54.3 cm³/mol. The molecule has 76 valence electrons. The van der Waals surface area contributed by atoms with E-state index in [0.29, 0.717) is 15.8 Å². The fraction of sp³-hybridized carbons (Fsp3) is 0.222. The van der Waals surface area contributed by atoms with Gasteiger partial charge < -0.3 is 9.84 Å². The second-order valence-electron chi connectivity index (χ2n) is 2.69. The minimum Gasteiger partial charge on any atom is -0.482 e. The number of benzene rings is 1. The first-order valence-electron chi connectivity index (χ1n) is 3.81. The largest absolute Gasteiger partial charge is 0.482 e. The molecule has 3 nitrogen and oxygen atoms in total. The van der Waals surface area contributed by atoms with Gasteiger partial charge in [-0.2, -0.15) is 0 Å². The molecule has 0 bridgehead atoms. The number of rotatable bonds is 3. The maximum Gasteiger partial charge on any atom is 0.341 e. The fourth-order valence-corrected chi connectivity index (χ4v) is 1.32. The van der Waals surface area contributed by atoms with Gasteiger partial charge in [0, 0.05) is 10.0 Å². The lowest BCUT2D eigenvalue weighted by Crippen LogP contribution is -2.09. The van der Waals surface area contributed by atoms with Crippen LogP contribution < -0.4 is 4.74 Å². The van der Waals surface area contributed by atoms with Gasteiger partial charge in [0.25, 0.3) is 0 Å². The van der Waals surface area contributed by atoms with Gasteiger partial charge in [0.15, 0.2) is 6.61 Å². The van der Waals surface area contributed by atoms with Crippen molar-refractivity contribution in [1.82, 2.24) is 0 Å². The summed E-state index contributed by atoms with van der Waals surface area (Å²) in [5.74, 6) is -0.689. The summed E-state index contributed by atoms with van der Waals surface area (Å²) < 4.78 is 4.92. The molecule has 0 aromatic heterocycles. The highest BCUT2D eigenvalue weighted by Crippen LogP contribution is 2.29. The molecule has 0 radical (unpaired) electrons. The Labute approximate surface area is 91.2 Å². The number of hydrogen-bond donors (Lipinski definition) is 1. The summed E-state index contributed by atoms with van der Waals surface area (Å²) >= 11 is 11.6. The zero-order chi connectivity index (χ0) is 10.7. The number of halogens is 2. The third-order valence-corrected chi connectivity index (χ3v) is 2.40. The summed E-state index contributed by atoms with van der Waals surface area (Å²) in [6.45, 7) is 1.36. The van der Waals surface area contributed by atoms with E-state index in [1.165, 1.54) is 12.1 Å². The number of carboxylic acid groups (broad SMARTS) is 1. The topological polar surface area (TPSA) is 46.5 Å². The van der Waals surface area contributed by atoms with Crippen molar-refractivity contribution in [2.45, 2.75) is 6.92 Å². The smallest absolute Gasteiger partial charge is 0.341 e. The zero-order valence-corrected chi connectivity index (χ0v) is 8.89. The van der Waals surface area contributed by atoms with Gasteiger partial charge in [0.2, 0.25) is 0 Å². The highest BCUT2D eigenvalue weighted by Gasteiger charge is 2.06. The number of carbonyl (C=O) groups is 1. The molecule has 1 rings (SSSR count). The molecule has 5 heteroatoms. The van der Waals surface area contributed by atoms with Crippen molar-refractivity contribution >= 4 is 29.2 Å². The fourth-order valence-electron chi connectivity index (χ4n) is 0.850. The van der Waals surface area contributed by atoms with Gasteiger partial charge >= 0.3 is 5.97 Å². The van der Waals surface area contributed by atoms with Crippen LogP contribution in [0.4, 0.5) is 0 Å². The summed E-state index contributed by atoms with van der Waals surface area (Å²) in [4.78, 5) is 10.2. The molecule has 1 N–H and O–H groups in total. The Morgan fingerprint density at radius 1 is 1.43 bits per heavy atom. The lowest BCUT2D eigenvalue weighted by molar-refractivity contribution is -0.139. The van der Waals surface area contributed by atoms with E-state index in [4.69, 9.17) is 33.0 Å². The molecule has 0 spiro atoms. The molecule has 0 aliphatic carbocycles. The molecule has 0 amide bonds. The van der Waals surface area contributed by atoms with Crippen LogP contribution in [0.15, 0.2) is 12.1 Å². The van der Waals surface area contributed by atoms with Crippen molar-refractivity contribution in [3.05, 3.63) is 27.7 Å². The predicted octanol–water partition coefficient (Wildman–Crippen LogP) is 2.77. The summed E-state index contributed by atoms with van der Waals surface area (Å²) in [6.07, 6.45) is 0. The summed E-state index contributed by atoms with van der Waals surface area (Å²) in [5.41, 5.74) is 0.746. The molecular formula is C9H8Cl2O3. The average molecular weight is 235 g/mol. The molecule has 0 saturated carbocycles. The van der Waals surface area contributed by atoms with Gasteiger partial charge in [0.1, 0.15) is 5.75 Å². The number of carboxylic acids is 1. The Kier molecular flexibility index (Phi) is 3.61. The van der Waals surface area contributed by atoms with E-state index in [9.17, 15) is 4.79 Å². The first kappa shape index (κ1) is 11.1. The molecule has 0 aliphatic heterocycles. The molecule has 1 aromatic rings. The van der Waals surface area contributed by atoms with Crippen molar-refractivity contribution in [3.63, 3.8) is 0 Å². The van der Waals surface area contributed by atoms with Gasteiger partial charge in [-0.3, -0.25) is 0 Å². The van der Waals surface area contributed by atoms with Crippen LogP contribution in [-0.4, -0.2) is 17.7 Å². The number of aliphatic carboxylic acids is 1. The highest BCUT2D eigenvalue weighted by molar-refractivity contribution is 6.36. The Bertz CT molecular complexity index is 340. The third-order valence-electron chi connectivity index (χ3n) is 1.62. The van der Waals surface area contributed by atoms with E-state index < -0.39 is 12.6 Å². The molecule has 0 aliphatic rings. The lowest BCUT2D eigenvalue weighted by Gasteiger charge is -2.06. The normalized spacial score (nSPS) is 9.93. The molecule has 0 unspecified atom stereocenters. The van der Waals surface area contributed by atoms with E-state index >= 15 is 0 Å². The van der Waals surface area contributed by atoms with Crippen LogP contribution in [0, 0.1) is 6.92 Å². The SMILES string of the molecule is Cc1c(Cl)cc(OCC(=O)O)cc1Cl. The maximum atomic E-state index is 10.2. The van der Waals surface area contributed by atoms with Crippen molar-refractivity contribution in [2.24, 2.45) is 0 Å². The van der Waals surface area contributed by atoms with E-state index in [2.05, 4.69) is 0 Å². The van der Waals surface area contributed by atoms with E-state index in [-0.39, 0.29) is 0 Å². The van der Waals surface area contributed by atoms with Crippen molar-refractivity contribution in [1.29, 1.82) is 0 Å². The standard InChI is InChI=1S/C9H8Cl2O3/c1-5-7(10)2-6(3-8(5)11)14-4-9(12)13/h2-3H,4H2,1H3,(H,12,13). The van der Waals surface area contributed by atoms with Crippen LogP contribution in [0.3, 0.4) is 0 Å². The quantitative estimate of drug-likeness (QED) is 0.876. The van der Waals surface area contributed by atoms with Gasteiger partial charge in [-0.1, -0.05) is 23.2 Å². The van der Waals surface area contributed by atoms with Crippen molar-refractivity contribution in [2.75, 3.05) is 6.61 Å². The van der Waals surface area contributed by atoms with Crippen molar-refractivity contribution in [3.8, 4) is 5.75 Å². The Balaban J connectivity index is 2.84. The lowest BCUT2D eigenvalue weighted by atomic mass is 10.2. The Morgan fingerprint density at radius 2 is 1.93 bits per heavy atom. The molecule has 0 atom stereocenters. The number of hydrogen-bond acceptors (Lipinski definition) is 2. The zero-order valence-electron chi connectivity index (χ0n) is 7.38. The van der Waals surface area contributed by atoms with Crippen LogP contribution in [0.5, 0.6) is 5.75 Å². The minimum atomic E-state index is -1.04. The molecule has 0 heterocycles. The van der Waals surface area contributed by atoms with Crippen molar-refractivity contribution < 1.29 is 14.6 Å². The van der Waals surface area contributed by atoms with E-state index in [1.807, 2.05) is 0 Å². The number of ether oxygens (including phenoxy) is 1. The third kappa shape index (κ3) is 2.79. The molecule has 1 aromatic carbocycles. The molecule has 0 fully saturated rings. The van der Waals surface area contributed by atoms with E-state index in [1.54, 1.807) is 6.92 Å². The maximum absolute atomic E-state index is 10.2. The minimum absolute atomic E-state index is 0.355. The monoisotopic (exact) mass is 234 g/mol. The Morgan fingerprint density at radius 3 is 2.36 bits per heavy atom. The second kappa shape index (κ2) is 4.53. The molecule has 0 saturated heterocycles. The average Bonchev–Trinajstić information content (AvgIpc) is 2.10. The van der Waals surface area contributed by atoms with Gasteiger partial charge in [0.05, 0.1) is 0 Å². The van der Waals surface area contributed by atoms with Crippen LogP contribution in [-0.2, 0) is 4.79 Å². The Hall–Kier alpha value is -0.930. The van der Waals surface area contributed by atoms with Gasteiger partial charge in [-0.25, -0.2) is 4.79 Å². The van der Waals surface area contributed by atoms with Crippen LogP contribution in [0.1, 0.15) is 5.56 Å². The first-order valence-corrected chi connectivity index (χ1v) is 4.56. The van der Waals surface area contributed by atoms with Crippen LogP contribution in [0.2, 0.25) is 10.0 Å². The second-order valence-corrected chi connectivity index (χ2v) is 3.51. The molecular weight excluding hydrogens is 227 g/mol. The summed E-state index contributed by atoms with van der Waals surface area (Å²) in [6, 6.07) is 3.07. The highest BCUT2D eigenvalue weighted by atomic mass is 35.5. The summed E-state index contributed by atoms with van der Waals surface area (Å²) in [7, 11) is 0. The van der Waals surface area contributed by atoms with E-state index in [0.717, 1.165) is 5.56 Å². The van der Waals surface area contributed by atoms with Crippen LogP contribution >= 0.6 is 23.2 Å². The van der Waals surface area contributed by atoms with Gasteiger partial charge in [-0.05, 0) is 24.6 Å². The van der Waals surface area contributed by atoms with Crippen LogP contribution in [0.25, 0.3) is 0 Å². The summed E-state index contributed by atoms with van der Waals surface area (Å²) in [5, 5.41) is 9.29. The first-order chi connectivity index (χ1) is 6.50. The van der Waals surface area contributed by atoms with Gasteiger partial charge in [-0.15, -0.1) is 0 Å².